The summed E-state index contributed by atoms with van der Waals surface area (Å²) in [5, 5.41) is 11.7. The molecule has 2 atom stereocenters. The van der Waals surface area contributed by atoms with Gasteiger partial charge in [0.2, 0.25) is 11.7 Å². The highest BCUT2D eigenvalue weighted by Gasteiger charge is 2.37. The summed E-state index contributed by atoms with van der Waals surface area (Å²) in [7, 11) is 1.50. The predicted molar refractivity (Wildman–Crippen MR) is 113 cm³/mol. The molecule has 0 radical (unpaired) electrons. The van der Waals surface area contributed by atoms with Gasteiger partial charge in [0.05, 0.1) is 24.5 Å². The van der Waals surface area contributed by atoms with Gasteiger partial charge < -0.3 is 9.47 Å². The van der Waals surface area contributed by atoms with Crippen LogP contribution in [0.1, 0.15) is 34.1 Å². The van der Waals surface area contributed by atoms with E-state index in [9.17, 15) is 29.3 Å². The smallest absolute Gasteiger partial charge is 0.312 e. The summed E-state index contributed by atoms with van der Waals surface area (Å²) in [6, 6.07) is 11.2. The molecule has 2 amide bonds. The number of hydrazine groups is 1. The van der Waals surface area contributed by atoms with E-state index in [1.54, 1.807) is 24.3 Å². The monoisotopic (exact) mass is 455 g/mol. The van der Waals surface area contributed by atoms with Crippen molar-refractivity contribution in [2.75, 3.05) is 13.7 Å². The van der Waals surface area contributed by atoms with E-state index >= 15 is 0 Å². The molecule has 1 aliphatic heterocycles. The van der Waals surface area contributed by atoms with Gasteiger partial charge in [-0.15, -0.1) is 0 Å². The van der Waals surface area contributed by atoms with Crippen LogP contribution in [-0.2, 0) is 14.3 Å². The third kappa shape index (κ3) is 5.50. The maximum atomic E-state index is 12.5. The van der Waals surface area contributed by atoms with E-state index in [1.165, 1.54) is 38.3 Å². The third-order valence-corrected chi connectivity index (χ3v) is 5.07. The van der Waals surface area contributed by atoms with Crippen LogP contribution in [0.4, 0.5) is 5.69 Å². The molecule has 1 fully saturated rings. The van der Waals surface area contributed by atoms with E-state index < -0.39 is 40.5 Å². The zero-order valence-corrected chi connectivity index (χ0v) is 17.8. The van der Waals surface area contributed by atoms with Crippen LogP contribution in [0.3, 0.4) is 0 Å². The van der Waals surface area contributed by atoms with Crippen LogP contribution in [0.2, 0.25) is 0 Å². The molecule has 0 aliphatic carbocycles. The van der Waals surface area contributed by atoms with Gasteiger partial charge in [-0.2, -0.15) is 0 Å². The number of rotatable bonds is 8. The van der Waals surface area contributed by atoms with E-state index in [0.29, 0.717) is 11.3 Å². The summed E-state index contributed by atoms with van der Waals surface area (Å²) < 4.78 is 10.3. The number of non-ortho nitro benzene ring substituents is 1. The first-order valence-corrected chi connectivity index (χ1v) is 9.94. The number of hydrogen-bond acceptors (Lipinski definition) is 8. The summed E-state index contributed by atoms with van der Waals surface area (Å²) >= 11 is 0. The average Bonchev–Trinajstić information content (AvgIpc) is 3.18. The van der Waals surface area contributed by atoms with Crippen molar-refractivity contribution in [2.24, 2.45) is 5.92 Å². The van der Waals surface area contributed by atoms with Gasteiger partial charge in [0.25, 0.3) is 11.6 Å². The molecule has 0 spiro atoms. The number of nitro benzene ring substituents is 1. The van der Waals surface area contributed by atoms with Gasteiger partial charge >= 0.3 is 5.97 Å². The number of amides is 2. The van der Waals surface area contributed by atoms with Crippen molar-refractivity contribution >= 4 is 29.3 Å². The van der Waals surface area contributed by atoms with E-state index in [-0.39, 0.29) is 24.2 Å². The number of methoxy groups -OCH3 is 1. The maximum Gasteiger partial charge on any atom is 0.312 e. The van der Waals surface area contributed by atoms with Crippen LogP contribution in [0, 0.1) is 16.0 Å². The van der Waals surface area contributed by atoms with Crippen molar-refractivity contribution in [3.05, 3.63) is 69.8 Å². The van der Waals surface area contributed by atoms with Crippen molar-refractivity contribution in [2.45, 2.75) is 19.4 Å². The molecule has 0 bridgehead atoms. The highest BCUT2D eigenvalue weighted by Crippen LogP contribution is 2.20. The van der Waals surface area contributed by atoms with Crippen LogP contribution in [-0.4, -0.2) is 53.3 Å². The van der Waals surface area contributed by atoms with Crippen LogP contribution in [0.5, 0.6) is 5.75 Å². The SMILES string of the molecule is COc1ccc(C(=O)[C@H](C)OC(=O)[C@H]2CC(=O)N(NC(=O)c3ccc([N+](=O)[O-])cc3)C2)cc1. The van der Waals surface area contributed by atoms with E-state index in [2.05, 4.69) is 5.43 Å². The Hall–Kier alpha value is -4.28. The average molecular weight is 455 g/mol. The minimum Gasteiger partial charge on any atom is -0.497 e. The van der Waals surface area contributed by atoms with Gasteiger partial charge in [0.15, 0.2) is 6.10 Å². The fourth-order valence-electron chi connectivity index (χ4n) is 3.21. The highest BCUT2D eigenvalue weighted by molar-refractivity contribution is 6.01. The first kappa shape index (κ1) is 23.4. The quantitative estimate of drug-likeness (QED) is 0.275. The Morgan fingerprint density at radius 1 is 1.09 bits per heavy atom. The van der Waals surface area contributed by atoms with Crippen LogP contribution in [0.25, 0.3) is 0 Å². The minimum absolute atomic E-state index is 0.109. The molecular weight excluding hydrogens is 434 g/mol. The Morgan fingerprint density at radius 2 is 1.70 bits per heavy atom. The lowest BCUT2D eigenvalue weighted by molar-refractivity contribution is -0.384. The third-order valence-electron chi connectivity index (χ3n) is 5.07. The predicted octanol–water partition coefficient (Wildman–Crippen LogP) is 1.91. The Kier molecular flexibility index (Phi) is 7.01. The van der Waals surface area contributed by atoms with E-state index in [4.69, 9.17) is 9.47 Å². The van der Waals surface area contributed by atoms with E-state index in [1.807, 2.05) is 0 Å². The Balaban J connectivity index is 1.56. The van der Waals surface area contributed by atoms with Crippen LogP contribution in [0.15, 0.2) is 48.5 Å². The van der Waals surface area contributed by atoms with Gasteiger partial charge in [-0.1, -0.05) is 0 Å². The zero-order valence-electron chi connectivity index (χ0n) is 17.8. The number of nitro groups is 1. The van der Waals surface area contributed by atoms with Crippen molar-refractivity contribution in [3.8, 4) is 5.75 Å². The summed E-state index contributed by atoms with van der Waals surface area (Å²) in [6.07, 6.45) is -1.26. The second-order valence-electron chi connectivity index (χ2n) is 7.32. The molecule has 0 unspecified atom stereocenters. The molecule has 0 aromatic heterocycles. The first-order chi connectivity index (χ1) is 15.7. The van der Waals surface area contributed by atoms with Crippen molar-refractivity contribution in [1.82, 2.24) is 10.4 Å². The van der Waals surface area contributed by atoms with Gasteiger partial charge in [-0.25, -0.2) is 0 Å². The molecule has 0 saturated carbocycles. The van der Waals surface area contributed by atoms with Crippen molar-refractivity contribution < 1.29 is 33.6 Å². The molecule has 1 heterocycles. The van der Waals surface area contributed by atoms with E-state index in [0.717, 1.165) is 5.01 Å². The summed E-state index contributed by atoms with van der Waals surface area (Å²) in [4.78, 5) is 59.7. The van der Waals surface area contributed by atoms with Crippen molar-refractivity contribution in [3.63, 3.8) is 0 Å². The topological polar surface area (TPSA) is 145 Å². The number of carbonyl (C=O) groups is 4. The maximum absolute atomic E-state index is 12.5. The number of nitrogens with zero attached hydrogens (tertiary/aromatic N) is 2. The van der Waals surface area contributed by atoms with Crippen molar-refractivity contribution in [1.29, 1.82) is 0 Å². The van der Waals surface area contributed by atoms with Gasteiger partial charge in [0.1, 0.15) is 5.75 Å². The normalized spacial score (nSPS) is 16.1. The lowest BCUT2D eigenvalue weighted by atomic mass is 10.1. The molecule has 1 aliphatic rings. The number of nitrogens with one attached hydrogen (secondary N) is 1. The van der Waals surface area contributed by atoms with Crippen LogP contribution < -0.4 is 10.2 Å². The molecule has 172 valence electrons. The largest absolute Gasteiger partial charge is 0.497 e. The molecule has 11 nitrogen and oxygen atoms in total. The fourth-order valence-corrected chi connectivity index (χ4v) is 3.21. The molecular formula is C22H21N3O8. The second-order valence-corrected chi connectivity index (χ2v) is 7.32. The number of Topliss-reactive ketones (excluding diaryl/α,β-unsaturated/α-hetero) is 1. The number of ether oxygens (including phenoxy) is 2. The molecule has 3 rings (SSSR count). The van der Waals surface area contributed by atoms with Crippen LogP contribution >= 0.6 is 0 Å². The molecule has 2 aromatic rings. The zero-order chi connectivity index (χ0) is 24.1. The number of hydrogen-bond donors (Lipinski definition) is 1. The summed E-state index contributed by atoms with van der Waals surface area (Å²) in [5.41, 5.74) is 2.66. The molecule has 1 saturated heterocycles. The number of ketones is 1. The Labute approximate surface area is 188 Å². The first-order valence-electron chi connectivity index (χ1n) is 9.94. The molecule has 33 heavy (non-hydrogen) atoms. The number of carbonyl (C=O) groups excluding carboxylic acids is 4. The molecule has 1 N–H and O–H groups in total. The summed E-state index contributed by atoms with van der Waals surface area (Å²) in [5.74, 6) is -2.57. The Morgan fingerprint density at radius 3 is 2.27 bits per heavy atom. The number of esters is 1. The highest BCUT2D eigenvalue weighted by atomic mass is 16.6. The fraction of sp³-hybridized carbons (Fsp3) is 0.273. The lowest BCUT2D eigenvalue weighted by Crippen LogP contribution is -2.43. The van der Waals surface area contributed by atoms with Gasteiger partial charge in [0, 0.05) is 29.7 Å². The number of benzene rings is 2. The lowest BCUT2D eigenvalue weighted by Gasteiger charge is -2.18. The van der Waals surface area contributed by atoms with Gasteiger partial charge in [-0.05, 0) is 43.3 Å². The standard InChI is InChI=1S/C22H21N3O8/c1-13(20(27)14-5-9-18(32-2)10-6-14)33-22(29)16-11-19(26)24(12-16)23-21(28)15-3-7-17(8-4-15)25(30)31/h3-10,13,16H,11-12H2,1-2H3,(H,23,28)/t13-,16-/m0/s1. The second kappa shape index (κ2) is 9.90. The molecule has 11 heteroatoms. The minimum atomic E-state index is -1.07. The Bertz CT molecular complexity index is 1080. The summed E-state index contributed by atoms with van der Waals surface area (Å²) in [6.45, 7) is 1.31. The molecule has 2 aromatic carbocycles. The van der Waals surface area contributed by atoms with Gasteiger partial charge in [-0.3, -0.25) is 39.7 Å².